The number of rotatable bonds is 7. The Morgan fingerprint density at radius 1 is 0.839 bits per heavy atom. The molecule has 0 bridgehead atoms. The van der Waals surface area contributed by atoms with Gasteiger partial charge in [-0.2, -0.15) is 4.98 Å². The maximum Gasteiger partial charge on any atom is 0.222 e. The predicted octanol–water partition coefficient (Wildman–Crippen LogP) is 5.15. The number of hydrogen-bond donors (Lipinski definition) is 3. The molecule has 156 valence electrons. The molecule has 0 atom stereocenters. The van der Waals surface area contributed by atoms with Gasteiger partial charge in [0, 0.05) is 22.8 Å². The highest BCUT2D eigenvalue weighted by Gasteiger charge is 2.14. The van der Waals surface area contributed by atoms with Crippen LogP contribution in [0.1, 0.15) is 11.3 Å². The Kier molecular flexibility index (Phi) is 6.19. The predicted molar refractivity (Wildman–Crippen MR) is 126 cm³/mol. The molecule has 0 fully saturated rings. The van der Waals surface area contributed by atoms with Gasteiger partial charge in [-0.3, -0.25) is 0 Å². The number of halogens is 1. The van der Waals surface area contributed by atoms with Crippen LogP contribution in [0.5, 0.6) is 5.75 Å². The second kappa shape index (κ2) is 9.36. The van der Waals surface area contributed by atoms with Gasteiger partial charge in [0.1, 0.15) is 18.2 Å². The van der Waals surface area contributed by atoms with Crippen LogP contribution in [0.2, 0.25) is 5.02 Å². The second-order valence-corrected chi connectivity index (χ2v) is 7.38. The van der Waals surface area contributed by atoms with Gasteiger partial charge >= 0.3 is 0 Å². The van der Waals surface area contributed by atoms with E-state index in [1.807, 2.05) is 78.9 Å². The van der Waals surface area contributed by atoms with Gasteiger partial charge in [-0.05, 0) is 47.5 Å². The third kappa shape index (κ3) is 5.24. The summed E-state index contributed by atoms with van der Waals surface area (Å²) >= 11 is 5.94. The van der Waals surface area contributed by atoms with Crippen molar-refractivity contribution in [3.8, 4) is 16.9 Å². The zero-order valence-corrected chi connectivity index (χ0v) is 17.5. The number of nitrogens with one attached hydrogen (secondary N) is 1. The quantitative estimate of drug-likeness (QED) is 0.374. The van der Waals surface area contributed by atoms with Gasteiger partial charge in [-0.25, -0.2) is 4.98 Å². The van der Waals surface area contributed by atoms with Crippen LogP contribution >= 0.6 is 11.6 Å². The molecule has 7 heteroatoms. The fraction of sp³-hybridized carbons (Fsp3) is 0.0833. The molecule has 0 aliphatic heterocycles. The van der Waals surface area contributed by atoms with Crippen molar-refractivity contribution in [2.75, 3.05) is 16.8 Å². The molecule has 0 saturated heterocycles. The lowest BCUT2D eigenvalue weighted by atomic mass is 10.0. The molecule has 0 amide bonds. The first-order valence-electron chi connectivity index (χ1n) is 9.77. The summed E-state index contributed by atoms with van der Waals surface area (Å²) in [5.41, 5.74) is 16.4. The molecule has 1 heterocycles. The summed E-state index contributed by atoms with van der Waals surface area (Å²) in [4.78, 5) is 8.50. The fourth-order valence-corrected chi connectivity index (χ4v) is 3.32. The summed E-state index contributed by atoms with van der Waals surface area (Å²) in [6.45, 7) is 0.923. The molecule has 0 saturated carbocycles. The zero-order valence-electron chi connectivity index (χ0n) is 16.8. The van der Waals surface area contributed by atoms with E-state index in [4.69, 9.17) is 27.8 Å². The fourth-order valence-electron chi connectivity index (χ4n) is 3.19. The number of nitrogens with two attached hydrogens (primary N) is 2. The number of nitrogens with zero attached hydrogens (tertiary/aromatic N) is 2. The van der Waals surface area contributed by atoms with Gasteiger partial charge in [-0.1, -0.05) is 54.1 Å². The van der Waals surface area contributed by atoms with Crippen LogP contribution in [0.25, 0.3) is 11.1 Å². The van der Waals surface area contributed by atoms with E-state index in [1.54, 1.807) is 0 Å². The van der Waals surface area contributed by atoms with E-state index in [1.165, 1.54) is 0 Å². The topological polar surface area (TPSA) is 99.1 Å². The number of aromatic nitrogens is 2. The molecule has 1 aromatic heterocycles. The second-order valence-electron chi connectivity index (χ2n) is 6.95. The van der Waals surface area contributed by atoms with E-state index in [2.05, 4.69) is 15.3 Å². The van der Waals surface area contributed by atoms with E-state index >= 15 is 0 Å². The van der Waals surface area contributed by atoms with Crippen molar-refractivity contribution in [2.24, 2.45) is 0 Å². The maximum absolute atomic E-state index is 6.20. The van der Waals surface area contributed by atoms with Gasteiger partial charge in [0.05, 0.1) is 5.69 Å². The van der Waals surface area contributed by atoms with E-state index in [0.29, 0.717) is 18.1 Å². The van der Waals surface area contributed by atoms with E-state index in [9.17, 15) is 0 Å². The van der Waals surface area contributed by atoms with Crippen LogP contribution in [0.15, 0.2) is 78.9 Å². The van der Waals surface area contributed by atoms with Gasteiger partial charge in [-0.15, -0.1) is 0 Å². The highest BCUT2D eigenvalue weighted by molar-refractivity contribution is 6.30. The minimum Gasteiger partial charge on any atom is -0.487 e. The van der Waals surface area contributed by atoms with Crippen molar-refractivity contribution < 1.29 is 4.74 Å². The maximum atomic E-state index is 6.20. The molecule has 4 rings (SSSR count). The highest BCUT2D eigenvalue weighted by atomic mass is 35.5. The standard InChI is InChI=1S/C24H22ClN5O/c25-18-10-6-16(7-11-18)14-28-19-12-8-17(9-13-19)22-21(29-24(27)30-23(22)26)15-31-20-4-2-1-3-5-20/h1-13,28H,14-15H2,(H4,26,27,29,30). The van der Waals surface area contributed by atoms with E-state index in [-0.39, 0.29) is 12.6 Å². The van der Waals surface area contributed by atoms with Gasteiger partial charge < -0.3 is 21.5 Å². The molecule has 0 spiro atoms. The lowest BCUT2D eigenvalue weighted by Gasteiger charge is -2.14. The molecule has 3 aromatic carbocycles. The first-order chi connectivity index (χ1) is 15.1. The summed E-state index contributed by atoms with van der Waals surface area (Å²) in [5, 5.41) is 4.12. The van der Waals surface area contributed by atoms with Crippen LogP contribution < -0.4 is 21.5 Å². The largest absolute Gasteiger partial charge is 0.487 e. The number of para-hydroxylation sites is 1. The number of hydrogen-bond acceptors (Lipinski definition) is 6. The average Bonchev–Trinajstić information content (AvgIpc) is 2.78. The number of anilines is 3. The van der Waals surface area contributed by atoms with Crippen molar-refractivity contribution in [2.45, 2.75) is 13.2 Å². The lowest BCUT2D eigenvalue weighted by Crippen LogP contribution is -2.09. The summed E-state index contributed by atoms with van der Waals surface area (Å²) in [6, 6.07) is 25.2. The molecule has 31 heavy (non-hydrogen) atoms. The molecular formula is C24H22ClN5O. The first kappa shape index (κ1) is 20.5. The van der Waals surface area contributed by atoms with Crippen LogP contribution in [0, 0.1) is 0 Å². The molecule has 6 nitrogen and oxygen atoms in total. The Morgan fingerprint density at radius 2 is 1.55 bits per heavy atom. The van der Waals surface area contributed by atoms with Crippen molar-refractivity contribution >= 4 is 29.1 Å². The Hall–Kier alpha value is -3.77. The smallest absolute Gasteiger partial charge is 0.222 e. The Morgan fingerprint density at radius 3 is 2.26 bits per heavy atom. The Bertz CT molecular complexity index is 1150. The van der Waals surface area contributed by atoms with Crippen LogP contribution in [0.3, 0.4) is 0 Å². The minimum atomic E-state index is 0.120. The van der Waals surface area contributed by atoms with Crippen LogP contribution in [0.4, 0.5) is 17.5 Å². The third-order valence-electron chi connectivity index (χ3n) is 4.73. The average molecular weight is 432 g/mol. The first-order valence-corrected chi connectivity index (χ1v) is 10.1. The molecule has 0 radical (unpaired) electrons. The van der Waals surface area contributed by atoms with E-state index < -0.39 is 0 Å². The Balaban J connectivity index is 1.52. The Labute approximate surface area is 185 Å². The summed E-state index contributed by atoms with van der Waals surface area (Å²) in [7, 11) is 0. The monoisotopic (exact) mass is 431 g/mol. The summed E-state index contributed by atoms with van der Waals surface area (Å²) in [5.74, 6) is 1.18. The molecule has 5 N–H and O–H groups in total. The highest BCUT2D eigenvalue weighted by Crippen LogP contribution is 2.30. The van der Waals surface area contributed by atoms with Gasteiger partial charge in [0.25, 0.3) is 0 Å². The minimum absolute atomic E-state index is 0.120. The third-order valence-corrected chi connectivity index (χ3v) is 4.98. The van der Waals surface area contributed by atoms with Crippen molar-refractivity contribution in [1.82, 2.24) is 9.97 Å². The van der Waals surface area contributed by atoms with Crippen molar-refractivity contribution in [3.63, 3.8) is 0 Å². The van der Waals surface area contributed by atoms with Crippen LogP contribution in [-0.4, -0.2) is 9.97 Å². The summed E-state index contributed by atoms with van der Waals surface area (Å²) in [6.07, 6.45) is 0. The zero-order chi connectivity index (χ0) is 21.6. The normalized spacial score (nSPS) is 10.6. The number of ether oxygens (including phenoxy) is 1. The van der Waals surface area contributed by atoms with E-state index in [0.717, 1.165) is 33.1 Å². The van der Waals surface area contributed by atoms with Gasteiger partial charge in [0.15, 0.2) is 0 Å². The molecule has 0 aliphatic rings. The lowest BCUT2D eigenvalue weighted by molar-refractivity contribution is 0.302. The molecule has 4 aromatic rings. The molecule has 0 aliphatic carbocycles. The van der Waals surface area contributed by atoms with Crippen LogP contribution in [-0.2, 0) is 13.2 Å². The van der Waals surface area contributed by atoms with Crippen molar-refractivity contribution in [1.29, 1.82) is 0 Å². The number of benzene rings is 3. The number of nitrogen functional groups attached to an aromatic ring is 2. The molecular weight excluding hydrogens is 410 g/mol. The SMILES string of the molecule is Nc1nc(N)c(-c2ccc(NCc3ccc(Cl)cc3)cc2)c(COc2ccccc2)n1. The van der Waals surface area contributed by atoms with Crippen molar-refractivity contribution in [3.05, 3.63) is 95.1 Å². The summed E-state index contributed by atoms with van der Waals surface area (Å²) < 4.78 is 5.86. The van der Waals surface area contributed by atoms with Gasteiger partial charge in [0.2, 0.25) is 5.95 Å². The molecule has 0 unspecified atom stereocenters.